The van der Waals surface area contributed by atoms with Gasteiger partial charge in [0.1, 0.15) is 0 Å². The normalized spacial score (nSPS) is 14.3. The summed E-state index contributed by atoms with van der Waals surface area (Å²) >= 11 is 0. The molecule has 0 spiro atoms. The Morgan fingerprint density at radius 2 is 1.23 bits per heavy atom. The largest absolute Gasteiger partial charge is 0.460 e. The molecule has 22 heavy (non-hydrogen) atoms. The van der Waals surface area contributed by atoms with E-state index in [1.165, 1.54) is 0 Å². The standard InChI is InChI=1S/C11H9F9N2/c1-4-6(21)3-2-5(7(4)22)8(12,13)9(14,15)10(16,17)11(18,19)20/h2-3H,21-22H2,1H3. The molecule has 0 saturated heterocycles. The van der Waals surface area contributed by atoms with Crippen molar-refractivity contribution in [2.24, 2.45) is 0 Å². The molecule has 0 aromatic heterocycles. The number of halogens is 9. The van der Waals surface area contributed by atoms with Crippen LogP contribution in [0.5, 0.6) is 0 Å². The minimum absolute atomic E-state index is 0.179. The van der Waals surface area contributed by atoms with E-state index in [2.05, 4.69) is 0 Å². The average Bonchev–Trinajstić information content (AvgIpc) is 2.33. The summed E-state index contributed by atoms with van der Waals surface area (Å²) in [4.78, 5) is 0. The van der Waals surface area contributed by atoms with Crippen molar-refractivity contribution < 1.29 is 39.5 Å². The summed E-state index contributed by atoms with van der Waals surface area (Å²) in [6.07, 6.45) is -6.88. The van der Waals surface area contributed by atoms with Gasteiger partial charge in [0.05, 0.1) is 5.56 Å². The predicted molar refractivity (Wildman–Crippen MR) is 59.8 cm³/mol. The fourth-order valence-electron chi connectivity index (χ4n) is 1.56. The molecule has 0 heterocycles. The van der Waals surface area contributed by atoms with Crippen molar-refractivity contribution in [3.63, 3.8) is 0 Å². The van der Waals surface area contributed by atoms with Crippen molar-refractivity contribution >= 4 is 11.4 Å². The van der Waals surface area contributed by atoms with Crippen molar-refractivity contribution in [2.75, 3.05) is 11.5 Å². The highest BCUT2D eigenvalue weighted by Gasteiger charge is 2.82. The smallest absolute Gasteiger partial charge is 0.398 e. The molecule has 4 N–H and O–H groups in total. The zero-order chi connectivity index (χ0) is 17.7. The minimum Gasteiger partial charge on any atom is -0.398 e. The zero-order valence-corrected chi connectivity index (χ0v) is 10.7. The summed E-state index contributed by atoms with van der Waals surface area (Å²) in [7, 11) is 0. The SMILES string of the molecule is Cc1c(N)ccc(C(F)(F)C(F)(F)C(F)(F)C(F)(F)F)c1N. The van der Waals surface area contributed by atoms with Gasteiger partial charge in [-0.2, -0.15) is 39.5 Å². The van der Waals surface area contributed by atoms with Crippen LogP contribution in [0.1, 0.15) is 11.1 Å². The summed E-state index contributed by atoms with van der Waals surface area (Å²) in [6, 6.07) is 0.828. The van der Waals surface area contributed by atoms with Crippen LogP contribution in [0.2, 0.25) is 0 Å². The maximum Gasteiger partial charge on any atom is 0.460 e. The summed E-state index contributed by atoms with van der Waals surface area (Å²) in [5.41, 5.74) is 6.83. The molecule has 1 rings (SSSR count). The topological polar surface area (TPSA) is 52.0 Å². The quantitative estimate of drug-likeness (QED) is 0.643. The van der Waals surface area contributed by atoms with Crippen molar-refractivity contribution in [2.45, 2.75) is 30.9 Å². The van der Waals surface area contributed by atoms with Gasteiger partial charge < -0.3 is 11.5 Å². The molecule has 1 aromatic rings. The average molecular weight is 340 g/mol. The molecule has 0 amide bonds. The van der Waals surface area contributed by atoms with Crippen LogP contribution in [0.3, 0.4) is 0 Å². The lowest BCUT2D eigenvalue weighted by Crippen LogP contribution is -2.59. The Morgan fingerprint density at radius 3 is 1.64 bits per heavy atom. The third-order valence-corrected chi connectivity index (χ3v) is 3.04. The Hall–Kier alpha value is -1.81. The van der Waals surface area contributed by atoms with E-state index in [1.54, 1.807) is 0 Å². The molecule has 0 saturated carbocycles. The molecule has 2 nitrogen and oxygen atoms in total. The van der Waals surface area contributed by atoms with Crippen molar-refractivity contribution in [1.29, 1.82) is 0 Å². The molecule has 0 aliphatic rings. The van der Waals surface area contributed by atoms with E-state index in [4.69, 9.17) is 11.5 Å². The Balaban J connectivity index is 3.56. The number of hydrogen-bond donors (Lipinski definition) is 2. The molecule has 1 aromatic carbocycles. The Morgan fingerprint density at radius 1 is 0.773 bits per heavy atom. The van der Waals surface area contributed by atoms with Crippen LogP contribution in [0, 0.1) is 6.92 Å². The second-order valence-corrected chi connectivity index (χ2v) is 4.46. The number of nitrogen functional groups attached to an aromatic ring is 2. The first kappa shape index (κ1) is 18.2. The fraction of sp³-hybridized carbons (Fsp3) is 0.455. The highest BCUT2D eigenvalue weighted by Crippen LogP contribution is 2.57. The number of rotatable bonds is 3. The number of benzene rings is 1. The molecule has 0 bridgehead atoms. The van der Waals surface area contributed by atoms with Crippen LogP contribution in [0.25, 0.3) is 0 Å². The predicted octanol–water partition coefficient (Wildman–Crippen LogP) is 4.08. The maximum atomic E-state index is 13.7. The van der Waals surface area contributed by atoms with Gasteiger partial charge in [0.25, 0.3) is 0 Å². The number of nitrogens with two attached hydrogens (primary N) is 2. The summed E-state index contributed by atoms with van der Waals surface area (Å²) in [5, 5.41) is 0. The third kappa shape index (κ3) is 2.31. The molecule has 0 fully saturated rings. The first-order valence-electron chi connectivity index (χ1n) is 5.44. The molecule has 0 atom stereocenters. The lowest BCUT2D eigenvalue weighted by molar-refractivity contribution is -0.399. The second-order valence-electron chi connectivity index (χ2n) is 4.46. The fourth-order valence-corrected chi connectivity index (χ4v) is 1.56. The van der Waals surface area contributed by atoms with E-state index in [1.807, 2.05) is 0 Å². The zero-order valence-electron chi connectivity index (χ0n) is 10.7. The van der Waals surface area contributed by atoms with E-state index in [-0.39, 0.29) is 17.3 Å². The maximum absolute atomic E-state index is 13.7. The van der Waals surface area contributed by atoms with Gasteiger partial charge in [0.2, 0.25) is 0 Å². The molecule has 11 heteroatoms. The minimum atomic E-state index is -6.97. The van der Waals surface area contributed by atoms with Gasteiger partial charge in [-0.15, -0.1) is 0 Å². The Kier molecular flexibility index (Phi) is 4.02. The monoisotopic (exact) mass is 340 g/mol. The molecule has 0 aliphatic carbocycles. The van der Waals surface area contributed by atoms with Crippen molar-refractivity contribution in [1.82, 2.24) is 0 Å². The van der Waals surface area contributed by atoms with E-state index in [9.17, 15) is 39.5 Å². The van der Waals surface area contributed by atoms with Crippen LogP contribution in [-0.4, -0.2) is 18.0 Å². The molecule has 0 aliphatic heterocycles. The van der Waals surface area contributed by atoms with E-state index >= 15 is 0 Å². The molecule has 0 unspecified atom stereocenters. The number of alkyl halides is 9. The van der Waals surface area contributed by atoms with Crippen LogP contribution in [0.15, 0.2) is 12.1 Å². The van der Waals surface area contributed by atoms with Gasteiger partial charge in [-0.1, -0.05) is 0 Å². The molecular weight excluding hydrogens is 331 g/mol. The van der Waals surface area contributed by atoms with Crippen molar-refractivity contribution in [3.8, 4) is 0 Å². The van der Waals surface area contributed by atoms with Gasteiger partial charge in [-0.3, -0.25) is 0 Å². The van der Waals surface area contributed by atoms with E-state index in [0.29, 0.717) is 6.07 Å². The van der Waals surface area contributed by atoms with Crippen LogP contribution >= 0.6 is 0 Å². The highest BCUT2D eigenvalue weighted by molar-refractivity contribution is 5.66. The Labute approximate surface area is 117 Å². The Bertz CT molecular complexity index is 578. The summed E-state index contributed by atoms with van der Waals surface area (Å²) < 4.78 is 115. The van der Waals surface area contributed by atoms with Crippen LogP contribution in [-0.2, 0) is 5.92 Å². The van der Waals surface area contributed by atoms with E-state index in [0.717, 1.165) is 6.92 Å². The molecular formula is C11H9F9N2. The number of anilines is 2. The molecule has 0 radical (unpaired) electrons. The summed E-state index contributed by atoms with van der Waals surface area (Å²) in [5.74, 6) is -19.6. The van der Waals surface area contributed by atoms with Gasteiger partial charge in [0, 0.05) is 11.4 Å². The first-order valence-corrected chi connectivity index (χ1v) is 5.44. The summed E-state index contributed by atoms with van der Waals surface area (Å²) in [6.45, 7) is 1.02. The van der Waals surface area contributed by atoms with Crippen molar-refractivity contribution in [3.05, 3.63) is 23.3 Å². The van der Waals surface area contributed by atoms with Crippen LogP contribution < -0.4 is 11.5 Å². The van der Waals surface area contributed by atoms with Gasteiger partial charge in [-0.25, -0.2) is 0 Å². The molecule has 126 valence electrons. The first-order chi connectivity index (χ1) is 9.59. The lowest BCUT2D eigenvalue weighted by Gasteiger charge is -2.34. The van der Waals surface area contributed by atoms with Gasteiger partial charge in [0.15, 0.2) is 0 Å². The lowest BCUT2D eigenvalue weighted by atomic mass is 9.93. The number of hydrogen-bond acceptors (Lipinski definition) is 2. The van der Waals surface area contributed by atoms with Gasteiger partial charge >= 0.3 is 23.9 Å². The van der Waals surface area contributed by atoms with Gasteiger partial charge in [-0.05, 0) is 24.6 Å². The highest BCUT2D eigenvalue weighted by atomic mass is 19.4. The van der Waals surface area contributed by atoms with E-state index < -0.39 is 35.2 Å². The third-order valence-electron chi connectivity index (χ3n) is 3.04. The van der Waals surface area contributed by atoms with Crippen LogP contribution in [0.4, 0.5) is 50.9 Å². The second kappa shape index (κ2) is 4.85.